The molecular weight excluding hydrogens is 300 g/mol. The maximum absolute atomic E-state index is 12.6. The van der Waals surface area contributed by atoms with E-state index in [-0.39, 0.29) is 11.8 Å². The van der Waals surface area contributed by atoms with Crippen molar-refractivity contribution in [1.82, 2.24) is 9.80 Å². The van der Waals surface area contributed by atoms with Crippen LogP contribution >= 0.6 is 11.6 Å². The second-order valence-electron chi connectivity index (χ2n) is 5.74. The van der Waals surface area contributed by atoms with Crippen molar-refractivity contribution < 1.29 is 9.59 Å². The van der Waals surface area contributed by atoms with Crippen LogP contribution in [0.25, 0.3) is 10.8 Å². The molecule has 1 heterocycles. The average molecular weight is 317 g/mol. The summed E-state index contributed by atoms with van der Waals surface area (Å²) >= 11 is 6.19. The van der Waals surface area contributed by atoms with E-state index in [9.17, 15) is 9.59 Å². The van der Waals surface area contributed by atoms with Crippen LogP contribution in [0, 0.1) is 0 Å². The maximum atomic E-state index is 12.6. The molecule has 2 aromatic rings. The number of imide groups is 1. The summed E-state index contributed by atoms with van der Waals surface area (Å²) in [5.74, 6) is -0.465. The quantitative estimate of drug-likeness (QED) is 0.814. The largest absolute Gasteiger partial charge is 0.309 e. The summed E-state index contributed by atoms with van der Waals surface area (Å²) in [6.07, 6.45) is 0.753. The first kappa shape index (κ1) is 15.0. The third-order valence-electron chi connectivity index (χ3n) is 3.93. The zero-order chi connectivity index (χ0) is 15.9. The number of benzene rings is 2. The monoisotopic (exact) mass is 316 g/mol. The van der Waals surface area contributed by atoms with Gasteiger partial charge in [-0.05, 0) is 45.3 Å². The maximum Gasteiger partial charge on any atom is 0.261 e. The van der Waals surface area contributed by atoms with E-state index < -0.39 is 0 Å². The molecule has 0 fully saturated rings. The van der Waals surface area contributed by atoms with Crippen molar-refractivity contribution >= 4 is 34.2 Å². The van der Waals surface area contributed by atoms with Crippen molar-refractivity contribution in [3.63, 3.8) is 0 Å². The number of carbonyl (C=O) groups excluding carboxylic acids is 2. The Morgan fingerprint density at radius 3 is 2.41 bits per heavy atom. The first-order valence-corrected chi connectivity index (χ1v) is 7.60. The highest BCUT2D eigenvalue weighted by atomic mass is 35.5. The van der Waals surface area contributed by atoms with Gasteiger partial charge in [-0.15, -0.1) is 0 Å². The summed E-state index contributed by atoms with van der Waals surface area (Å²) in [4.78, 5) is 28.7. The summed E-state index contributed by atoms with van der Waals surface area (Å²) in [5, 5.41) is 1.99. The third-order valence-corrected chi connectivity index (χ3v) is 4.26. The molecule has 22 heavy (non-hydrogen) atoms. The van der Waals surface area contributed by atoms with Gasteiger partial charge in [0, 0.05) is 33.5 Å². The first-order chi connectivity index (χ1) is 10.5. The van der Waals surface area contributed by atoms with E-state index >= 15 is 0 Å². The number of carbonyl (C=O) groups is 2. The van der Waals surface area contributed by atoms with E-state index in [0.29, 0.717) is 28.1 Å². The Morgan fingerprint density at radius 2 is 1.73 bits per heavy atom. The van der Waals surface area contributed by atoms with E-state index in [4.69, 9.17) is 11.6 Å². The van der Waals surface area contributed by atoms with Gasteiger partial charge >= 0.3 is 0 Å². The van der Waals surface area contributed by atoms with E-state index in [1.807, 2.05) is 25.1 Å². The molecule has 0 radical (unpaired) electrons. The fourth-order valence-corrected chi connectivity index (χ4v) is 3.08. The smallest absolute Gasteiger partial charge is 0.261 e. The van der Waals surface area contributed by atoms with Gasteiger partial charge in [0.2, 0.25) is 0 Å². The van der Waals surface area contributed by atoms with E-state index in [1.165, 1.54) is 4.90 Å². The molecule has 5 heteroatoms. The fraction of sp³-hybridized carbons (Fsp3) is 0.294. The lowest BCUT2D eigenvalue weighted by Gasteiger charge is -2.27. The normalized spacial score (nSPS) is 14.3. The van der Waals surface area contributed by atoms with Gasteiger partial charge in [0.1, 0.15) is 0 Å². The zero-order valence-electron chi connectivity index (χ0n) is 12.6. The van der Waals surface area contributed by atoms with Crippen molar-refractivity contribution in [1.29, 1.82) is 0 Å². The zero-order valence-corrected chi connectivity index (χ0v) is 13.4. The van der Waals surface area contributed by atoms with Gasteiger partial charge in [-0.1, -0.05) is 23.7 Å². The molecule has 3 rings (SSSR count). The topological polar surface area (TPSA) is 40.6 Å². The van der Waals surface area contributed by atoms with Crippen LogP contribution in [-0.4, -0.2) is 48.8 Å². The molecule has 0 aliphatic carbocycles. The Kier molecular flexibility index (Phi) is 3.89. The van der Waals surface area contributed by atoms with Crippen LogP contribution in [0.1, 0.15) is 27.1 Å². The number of hydrogen-bond acceptors (Lipinski definition) is 3. The fourth-order valence-electron chi connectivity index (χ4n) is 2.86. The first-order valence-electron chi connectivity index (χ1n) is 7.23. The predicted octanol–water partition coefficient (Wildman–Crippen LogP) is 3.04. The summed E-state index contributed by atoms with van der Waals surface area (Å²) in [5.41, 5.74) is 1.11. The summed E-state index contributed by atoms with van der Waals surface area (Å²) < 4.78 is 0. The second kappa shape index (κ2) is 5.71. The van der Waals surface area contributed by atoms with E-state index in [1.54, 1.807) is 24.3 Å². The number of hydrogen-bond donors (Lipinski definition) is 0. The van der Waals surface area contributed by atoms with Crippen molar-refractivity contribution in [2.75, 3.05) is 27.2 Å². The van der Waals surface area contributed by atoms with Gasteiger partial charge in [0.05, 0.1) is 0 Å². The van der Waals surface area contributed by atoms with Crippen LogP contribution in [-0.2, 0) is 0 Å². The SMILES string of the molecule is CN(C)CCCN1C(=O)c2cccc3c(Cl)ccc(c23)C1=O. The lowest BCUT2D eigenvalue weighted by atomic mass is 9.94. The number of halogens is 1. The molecule has 1 aliphatic heterocycles. The molecule has 4 nitrogen and oxygen atoms in total. The van der Waals surface area contributed by atoms with Crippen LogP contribution in [0.3, 0.4) is 0 Å². The standard InChI is InChI=1S/C17H17ClN2O2/c1-19(2)9-4-10-20-16(21)12-6-3-5-11-14(18)8-7-13(15(11)12)17(20)22/h3,5-8H,4,9-10H2,1-2H3. The molecule has 0 saturated carbocycles. The van der Waals surface area contributed by atoms with Crippen molar-refractivity contribution in [3.8, 4) is 0 Å². The molecule has 0 atom stereocenters. The van der Waals surface area contributed by atoms with Gasteiger partial charge in [-0.2, -0.15) is 0 Å². The van der Waals surface area contributed by atoms with Gasteiger partial charge in [0.25, 0.3) is 11.8 Å². The van der Waals surface area contributed by atoms with Crippen molar-refractivity contribution in [3.05, 3.63) is 46.5 Å². The van der Waals surface area contributed by atoms with E-state index in [2.05, 4.69) is 0 Å². The molecule has 0 N–H and O–H groups in total. The summed E-state index contributed by atoms with van der Waals surface area (Å²) in [6, 6.07) is 8.83. The van der Waals surface area contributed by atoms with Crippen LogP contribution in [0.15, 0.2) is 30.3 Å². The number of rotatable bonds is 4. The molecule has 0 bridgehead atoms. The Labute approximate surface area is 134 Å². The highest BCUT2D eigenvalue weighted by molar-refractivity contribution is 6.38. The number of nitrogens with zero attached hydrogens (tertiary/aromatic N) is 2. The molecular formula is C17H17ClN2O2. The van der Waals surface area contributed by atoms with Crippen molar-refractivity contribution in [2.24, 2.45) is 0 Å². The minimum absolute atomic E-state index is 0.232. The minimum atomic E-state index is -0.232. The Bertz CT molecular complexity index is 748. The van der Waals surface area contributed by atoms with Gasteiger partial charge < -0.3 is 4.90 Å². The van der Waals surface area contributed by atoms with Crippen LogP contribution in [0.5, 0.6) is 0 Å². The molecule has 2 amide bonds. The molecule has 0 unspecified atom stereocenters. The van der Waals surface area contributed by atoms with Crippen LogP contribution in [0.4, 0.5) is 0 Å². The van der Waals surface area contributed by atoms with E-state index in [0.717, 1.165) is 18.4 Å². The second-order valence-corrected chi connectivity index (χ2v) is 6.15. The Hall–Kier alpha value is -1.91. The lowest BCUT2D eigenvalue weighted by Crippen LogP contribution is -2.41. The molecule has 2 aromatic carbocycles. The van der Waals surface area contributed by atoms with Crippen molar-refractivity contribution in [2.45, 2.75) is 6.42 Å². The molecule has 0 aromatic heterocycles. The van der Waals surface area contributed by atoms with Gasteiger partial charge in [-0.3, -0.25) is 14.5 Å². The Balaban J connectivity index is 2.03. The summed E-state index contributed by atoms with van der Waals surface area (Å²) in [6.45, 7) is 1.25. The van der Waals surface area contributed by atoms with Gasteiger partial charge in [0.15, 0.2) is 0 Å². The molecule has 0 spiro atoms. The lowest BCUT2D eigenvalue weighted by molar-refractivity contribution is 0.0606. The van der Waals surface area contributed by atoms with Crippen LogP contribution < -0.4 is 0 Å². The molecule has 1 aliphatic rings. The third kappa shape index (κ3) is 2.38. The highest BCUT2D eigenvalue weighted by Crippen LogP contribution is 2.34. The molecule has 0 saturated heterocycles. The number of amides is 2. The molecule has 114 valence electrons. The average Bonchev–Trinajstić information content (AvgIpc) is 2.49. The Morgan fingerprint density at radius 1 is 1.05 bits per heavy atom. The van der Waals surface area contributed by atoms with Crippen LogP contribution in [0.2, 0.25) is 5.02 Å². The predicted molar refractivity (Wildman–Crippen MR) is 87.5 cm³/mol. The van der Waals surface area contributed by atoms with Gasteiger partial charge in [-0.25, -0.2) is 0 Å². The summed E-state index contributed by atoms with van der Waals surface area (Å²) in [7, 11) is 3.94. The minimum Gasteiger partial charge on any atom is -0.309 e. The highest BCUT2D eigenvalue weighted by Gasteiger charge is 2.32.